The van der Waals surface area contributed by atoms with Crippen molar-refractivity contribution < 1.29 is 18.8 Å². The molecule has 3 N–H and O–H groups in total. The van der Waals surface area contributed by atoms with E-state index in [1.807, 2.05) is 0 Å². The van der Waals surface area contributed by atoms with Crippen molar-refractivity contribution >= 4 is 92.8 Å². The number of hydrogen-bond acceptors (Lipinski definition) is 3. The number of rotatable bonds is 6. The van der Waals surface area contributed by atoms with E-state index in [2.05, 4.69) is 16.0 Å². The maximum Gasteiger partial charge on any atom is 0.258 e. The molecule has 37 heavy (non-hydrogen) atoms. The number of alkyl halides is 2. The van der Waals surface area contributed by atoms with Crippen LogP contribution in [0, 0.1) is 11.7 Å². The Labute approximate surface area is 236 Å². The summed E-state index contributed by atoms with van der Waals surface area (Å²) in [6.45, 7) is 1.38. The minimum absolute atomic E-state index is 0.0599. The second kappa shape index (κ2) is 10.7. The Balaban J connectivity index is 1.51. The first-order chi connectivity index (χ1) is 17.4. The van der Waals surface area contributed by atoms with Gasteiger partial charge in [-0.2, -0.15) is 0 Å². The Bertz CT molecular complexity index is 1420. The number of hydrogen-bond donors (Lipinski definition) is 3. The summed E-state index contributed by atoms with van der Waals surface area (Å²) in [6, 6.07) is 13.3. The Kier molecular flexibility index (Phi) is 7.93. The van der Waals surface area contributed by atoms with E-state index in [9.17, 15) is 18.8 Å². The molecular weight excluding hydrogens is 587 g/mol. The standard InChI is InChI=1S/C25H17Cl5FN3O3/c1-11(35)32-13-3-5-14(6-4-13)33-23(36)19-15(26)7-9-18(22(19)28)34-24(37)21-20(25(21,29)30)12-2-8-17(31)16(27)10-12/h2-10,20-21H,1H3,(H,32,35)(H,33,36)(H,34,37). The van der Waals surface area contributed by atoms with Gasteiger partial charge in [-0.1, -0.05) is 40.9 Å². The average molecular weight is 604 g/mol. The lowest BCUT2D eigenvalue weighted by molar-refractivity contribution is -0.117. The van der Waals surface area contributed by atoms with Gasteiger partial charge < -0.3 is 16.0 Å². The average Bonchev–Trinajstić information content (AvgIpc) is 3.40. The molecule has 0 saturated heterocycles. The third-order valence-corrected chi connectivity index (χ3v) is 7.62. The number of carbonyl (C=O) groups excluding carboxylic acids is 3. The summed E-state index contributed by atoms with van der Waals surface area (Å²) in [5, 5.41) is 7.78. The molecule has 1 saturated carbocycles. The Morgan fingerprint density at radius 2 is 1.46 bits per heavy atom. The van der Waals surface area contributed by atoms with Crippen LogP contribution in [0.2, 0.25) is 15.1 Å². The third-order valence-electron chi connectivity index (χ3n) is 5.68. The molecule has 0 bridgehead atoms. The predicted molar refractivity (Wildman–Crippen MR) is 146 cm³/mol. The molecule has 3 aromatic rings. The van der Waals surface area contributed by atoms with Gasteiger partial charge in [0, 0.05) is 24.2 Å². The first-order valence-corrected chi connectivity index (χ1v) is 12.6. The molecule has 0 spiro atoms. The molecule has 192 valence electrons. The van der Waals surface area contributed by atoms with Crippen LogP contribution in [0.4, 0.5) is 21.5 Å². The zero-order valence-electron chi connectivity index (χ0n) is 18.8. The van der Waals surface area contributed by atoms with Crippen molar-refractivity contribution in [3.63, 3.8) is 0 Å². The van der Waals surface area contributed by atoms with Crippen molar-refractivity contribution in [1.82, 2.24) is 0 Å². The lowest BCUT2D eigenvalue weighted by atomic mass is 10.1. The van der Waals surface area contributed by atoms with Crippen LogP contribution in [0.25, 0.3) is 0 Å². The smallest absolute Gasteiger partial charge is 0.258 e. The molecule has 0 aliphatic heterocycles. The first-order valence-electron chi connectivity index (χ1n) is 10.7. The van der Waals surface area contributed by atoms with E-state index < -0.39 is 33.8 Å². The quantitative estimate of drug-likeness (QED) is 0.255. The van der Waals surface area contributed by atoms with E-state index in [-0.39, 0.29) is 32.2 Å². The highest BCUT2D eigenvalue weighted by Gasteiger charge is 2.67. The van der Waals surface area contributed by atoms with Crippen molar-refractivity contribution in [2.75, 3.05) is 16.0 Å². The van der Waals surface area contributed by atoms with Gasteiger partial charge in [0.05, 0.1) is 32.2 Å². The van der Waals surface area contributed by atoms with E-state index in [0.29, 0.717) is 16.9 Å². The fourth-order valence-electron chi connectivity index (χ4n) is 3.87. The van der Waals surface area contributed by atoms with Crippen molar-refractivity contribution in [2.24, 2.45) is 5.92 Å². The number of halogens is 6. The topological polar surface area (TPSA) is 87.3 Å². The summed E-state index contributed by atoms with van der Waals surface area (Å²) in [4.78, 5) is 37.2. The van der Waals surface area contributed by atoms with Gasteiger partial charge in [0.1, 0.15) is 10.2 Å². The Hall–Kier alpha value is -2.55. The van der Waals surface area contributed by atoms with Crippen molar-refractivity contribution in [2.45, 2.75) is 17.2 Å². The van der Waals surface area contributed by atoms with Gasteiger partial charge in [0.2, 0.25) is 11.8 Å². The van der Waals surface area contributed by atoms with Crippen molar-refractivity contribution in [3.05, 3.63) is 86.6 Å². The summed E-state index contributed by atoms with van der Waals surface area (Å²) in [7, 11) is 0. The van der Waals surface area contributed by atoms with E-state index in [1.165, 1.54) is 37.3 Å². The molecule has 0 heterocycles. The monoisotopic (exact) mass is 601 g/mol. The van der Waals surface area contributed by atoms with Gasteiger partial charge in [-0.25, -0.2) is 4.39 Å². The highest BCUT2D eigenvalue weighted by Crippen LogP contribution is 2.65. The van der Waals surface area contributed by atoms with Crippen LogP contribution in [-0.4, -0.2) is 22.1 Å². The third kappa shape index (κ3) is 5.81. The van der Waals surface area contributed by atoms with Gasteiger partial charge in [-0.15, -0.1) is 23.2 Å². The van der Waals surface area contributed by atoms with Gasteiger partial charge in [-0.3, -0.25) is 14.4 Å². The van der Waals surface area contributed by atoms with Gasteiger partial charge in [-0.05, 0) is 54.1 Å². The zero-order chi connectivity index (χ0) is 27.1. The molecule has 3 aromatic carbocycles. The highest BCUT2D eigenvalue weighted by molar-refractivity contribution is 6.53. The van der Waals surface area contributed by atoms with E-state index in [4.69, 9.17) is 58.0 Å². The maximum absolute atomic E-state index is 13.5. The fourth-order valence-corrected chi connectivity index (χ4v) is 5.48. The van der Waals surface area contributed by atoms with Crippen LogP contribution in [0.15, 0.2) is 54.6 Å². The number of anilines is 3. The minimum Gasteiger partial charge on any atom is -0.326 e. The SMILES string of the molecule is CC(=O)Nc1ccc(NC(=O)c2c(Cl)ccc(NC(=O)C3C(c4ccc(F)c(Cl)c4)C3(Cl)Cl)c2Cl)cc1. The van der Waals surface area contributed by atoms with Crippen LogP contribution in [0.3, 0.4) is 0 Å². The summed E-state index contributed by atoms with van der Waals surface area (Å²) >= 11 is 31.3. The highest BCUT2D eigenvalue weighted by atomic mass is 35.5. The molecular formula is C25H17Cl5FN3O3. The van der Waals surface area contributed by atoms with Crippen molar-refractivity contribution in [3.8, 4) is 0 Å². The second-order valence-corrected chi connectivity index (χ2v) is 10.9. The van der Waals surface area contributed by atoms with E-state index >= 15 is 0 Å². The first kappa shape index (κ1) is 27.5. The molecule has 4 rings (SSSR count). The molecule has 12 heteroatoms. The predicted octanol–water partition coefficient (Wildman–Crippen LogP) is 7.52. The summed E-state index contributed by atoms with van der Waals surface area (Å²) in [6.07, 6.45) is 0. The Morgan fingerprint density at radius 3 is 2.05 bits per heavy atom. The molecule has 3 amide bonds. The molecule has 0 aromatic heterocycles. The van der Waals surface area contributed by atoms with Gasteiger partial charge in [0.15, 0.2) is 0 Å². The molecule has 1 aliphatic rings. The number of amides is 3. The van der Waals surface area contributed by atoms with Gasteiger partial charge in [0.25, 0.3) is 5.91 Å². The molecule has 0 radical (unpaired) electrons. The normalized spacial score (nSPS) is 17.6. The molecule has 1 fully saturated rings. The molecule has 2 unspecified atom stereocenters. The summed E-state index contributed by atoms with van der Waals surface area (Å²) < 4.78 is 12.1. The van der Waals surface area contributed by atoms with Crippen molar-refractivity contribution in [1.29, 1.82) is 0 Å². The summed E-state index contributed by atoms with van der Waals surface area (Å²) in [5.74, 6) is -3.53. The van der Waals surface area contributed by atoms with E-state index in [0.717, 1.165) is 0 Å². The van der Waals surface area contributed by atoms with E-state index in [1.54, 1.807) is 24.3 Å². The minimum atomic E-state index is -1.45. The van der Waals surface area contributed by atoms with Crippen LogP contribution < -0.4 is 16.0 Å². The zero-order valence-corrected chi connectivity index (χ0v) is 22.6. The number of nitrogens with one attached hydrogen (secondary N) is 3. The molecule has 2 atom stereocenters. The molecule has 6 nitrogen and oxygen atoms in total. The van der Waals surface area contributed by atoms with Crippen LogP contribution >= 0.6 is 58.0 Å². The van der Waals surface area contributed by atoms with Crippen LogP contribution in [0.1, 0.15) is 28.8 Å². The number of carbonyl (C=O) groups is 3. The molecule has 1 aliphatic carbocycles. The largest absolute Gasteiger partial charge is 0.326 e. The van der Waals surface area contributed by atoms with Crippen LogP contribution in [0.5, 0.6) is 0 Å². The lowest BCUT2D eigenvalue weighted by Crippen LogP contribution is -2.19. The fraction of sp³-hybridized carbons (Fsp3) is 0.160. The Morgan fingerprint density at radius 1 is 0.838 bits per heavy atom. The lowest BCUT2D eigenvalue weighted by Gasteiger charge is -2.13. The second-order valence-electron chi connectivity index (χ2n) is 8.29. The number of benzene rings is 3. The van der Waals surface area contributed by atoms with Gasteiger partial charge >= 0.3 is 0 Å². The summed E-state index contributed by atoms with van der Waals surface area (Å²) in [5.41, 5.74) is 1.54. The maximum atomic E-state index is 13.5. The van der Waals surface area contributed by atoms with Crippen LogP contribution in [-0.2, 0) is 9.59 Å².